The van der Waals surface area contributed by atoms with Crippen molar-refractivity contribution in [3.8, 4) is 0 Å². The van der Waals surface area contributed by atoms with Gasteiger partial charge in [-0.05, 0) is 57.2 Å². The van der Waals surface area contributed by atoms with E-state index in [1.165, 1.54) is 24.0 Å². The molecule has 0 fully saturated rings. The summed E-state index contributed by atoms with van der Waals surface area (Å²) in [5.74, 6) is -0.162. The Morgan fingerprint density at radius 3 is 3.00 bits per heavy atom. The second kappa shape index (κ2) is 6.93. The van der Waals surface area contributed by atoms with Crippen LogP contribution >= 0.6 is 0 Å². The van der Waals surface area contributed by atoms with Gasteiger partial charge in [0.15, 0.2) is 0 Å². The molecule has 4 heteroatoms. The first-order valence-electron chi connectivity index (χ1n) is 7.71. The van der Waals surface area contributed by atoms with Gasteiger partial charge in [-0.2, -0.15) is 0 Å². The maximum absolute atomic E-state index is 11.7. The number of ether oxygens (including phenoxy) is 1. The molecule has 4 nitrogen and oxygen atoms in total. The summed E-state index contributed by atoms with van der Waals surface area (Å²) in [6, 6.07) is 0.445. The number of aromatic nitrogens is 1. The molecule has 2 rings (SSSR count). The Labute approximate surface area is 121 Å². The van der Waals surface area contributed by atoms with Gasteiger partial charge in [0, 0.05) is 18.4 Å². The number of fused-ring (bicyclic) bond motifs is 1. The lowest BCUT2D eigenvalue weighted by atomic mass is 9.91. The van der Waals surface area contributed by atoms with E-state index in [-0.39, 0.29) is 12.1 Å². The molecule has 20 heavy (non-hydrogen) atoms. The molecule has 0 aromatic carbocycles. The summed E-state index contributed by atoms with van der Waals surface area (Å²) in [4.78, 5) is 11.7. The van der Waals surface area contributed by atoms with Crippen LogP contribution in [0.1, 0.15) is 57.2 Å². The average Bonchev–Trinajstić information content (AvgIpc) is 2.77. The van der Waals surface area contributed by atoms with Crippen molar-refractivity contribution >= 4 is 5.97 Å². The summed E-state index contributed by atoms with van der Waals surface area (Å²) >= 11 is 0. The lowest BCUT2D eigenvalue weighted by Gasteiger charge is -2.23. The maximum Gasteiger partial charge on any atom is 0.326 e. The monoisotopic (exact) mass is 278 g/mol. The molecule has 1 aliphatic rings. The van der Waals surface area contributed by atoms with E-state index in [0.29, 0.717) is 12.6 Å². The van der Waals surface area contributed by atoms with Crippen molar-refractivity contribution in [1.82, 2.24) is 9.88 Å². The average molecular weight is 278 g/mol. The number of carbonyl (C=O) groups is 1. The highest BCUT2D eigenvalue weighted by Crippen LogP contribution is 2.30. The first-order chi connectivity index (χ1) is 9.60. The number of nitrogens with one attached hydrogen (secondary N) is 1. The molecule has 1 aromatic rings. The van der Waals surface area contributed by atoms with Crippen LogP contribution in [0.4, 0.5) is 0 Å². The van der Waals surface area contributed by atoms with Gasteiger partial charge in [0.2, 0.25) is 0 Å². The van der Waals surface area contributed by atoms with Gasteiger partial charge in [-0.25, -0.2) is 0 Å². The molecule has 1 aromatic heterocycles. The quantitative estimate of drug-likeness (QED) is 0.814. The van der Waals surface area contributed by atoms with E-state index in [1.807, 2.05) is 18.4 Å². The van der Waals surface area contributed by atoms with Crippen LogP contribution < -0.4 is 5.32 Å². The lowest BCUT2D eigenvalue weighted by molar-refractivity contribution is -0.148. The fourth-order valence-electron chi connectivity index (χ4n) is 2.82. The Morgan fingerprint density at radius 2 is 2.30 bits per heavy atom. The Morgan fingerprint density at radius 1 is 1.50 bits per heavy atom. The number of rotatable bonds is 6. The molecule has 0 amide bonds. The summed E-state index contributed by atoms with van der Waals surface area (Å²) in [5.41, 5.74) is 2.74. The Bertz CT molecular complexity index is 451. The summed E-state index contributed by atoms with van der Waals surface area (Å²) < 4.78 is 7.18. The zero-order valence-corrected chi connectivity index (χ0v) is 12.8. The largest absolute Gasteiger partial charge is 0.462 e. The molecule has 1 unspecified atom stereocenters. The van der Waals surface area contributed by atoms with Crippen LogP contribution in [0, 0.1) is 0 Å². The zero-order chi connectivity index (χ0) is 14.5. The van der Waals surface area contributed by atoms with E-state index in [1.54, 1.807) is 0 Å². The number of carbonyl (C=O) groups excluding carboxylic acids is 1. The molecule has 0 bridgehead atoms. The number of esters is 1. The lowest BCUT2D eigenvalue weighted by Crippen LogP contribution is -2.25. The summed E-state index contributed by atoms with van der Waals surface area (Å²) in [7, 11) is 0. The summed E-state index contributed by atoms with van der Waals surface area (Å²) in [6.45, 7) is 7.30. The number of aryl methyl sites for hydroxylation is 1. The Hall–Kier alpha value is -1.29. The number of nitrogens with zero attached hydrogens (tertiary/aromatic N) is 1. The predicted octanol–water partition coefficient (Wildman–Crippen LogP) is 2.82. The van der Waals surface area contributed by atoms with E-state index < -0.39 is 0 Å². The molecule has 1 N–H and O–H groups in total. The Kier molecular flexibility index (Phi) is 5.24. The van der Waals surface area contributed by atoms with Gasteiger partial charge in [0.05, 0.1) is 6.10 Å². The molecule has 1 aliphatic carbocycles. The third-order valence-corrected chi connectivity index (χ3v) is 3.63. The first-order valence-corrected chi connectivity index (χ1v) is 7.71. The normalized spacial score (nSPS) is 18.1. The van der Waals surface area contributed by atoms with Gasteiger partial charge in [-0.15, -0.1) is 0 Å². The highest BCUT2D eigenvalue weighted by Gasteiger charge is 2.22. The fraction of sp³-hybridized carbons (Fsp3) is 0.688. The smallest absolute Gasteiger partial charge is 0.326 e. The van der Waals surface area contributed by atoms with Gasteiger partial charge in [0.25, 0.3) is 0 Å². The van der Waals surface area contributed by atoms with E-state index in [4.69, 9.17) is 4.74 Å². The van der Waals surface area contributed by atoms with Crippen LogP contribution in [0.3, 0.4) is 0 Å². The minimum Gasteiger partial charge on any atom is -0.462 e. The van der Waals surface area contributed by atoms with E-state index in [9.17, 15) is 4.79 Å². The molecule has 0 aliphatic heterocycles. The van der Waals surface area contributed by atoms with Gasteiger partial charge >= 0.3 is 5.97 Å². The van der Waals surface area contributed by atoms with Crippen molar-refractivity contribution < 1.29 is 9.53 Å². The summed E-state index contributed by atoms with van der Waals surface area (Å²) in [5, 5.41) is 3.60. The topological polar surface area (TPSA) is 43.3 Å². The minimum atomic E-state index is -0.162. The van der Waals surface area contributed by atoms with Crippen LogP contribution in [-0.4, -0.2) is 23.2 Å². The minimum absolute atomic E-state index is 0.0494. The predicted molar refractivity (Wildman–Crippen MR) is 79.6 cm³/mol. The fourth-order valence-corrected chi connectivity index (χ4v) is 2.82. The van der Waals surface area contributed by atoms with Crippen molar-refractivity contribution in [2.75, 3.05) is 6.54 Å². The van der Waals surface area contributed by atoms with Crippen molar-refractivity contribution in [3.63, 3.8) is 0 Å². The molecule has 0 spiro atoms. The molecule has 0 radical (unpaired) electrons. The molecule has 1 heterocycles. The van der Waals surface area contributed by atoms with Crippen LogP contribution in [0.2, 0.25) is 0 Å². The first kappa shape index (κ1) is 15.1. The Balaban J connectivity index is 2.03. The van der Waals surface area contributed by atoms with Gasteiger partial charge in [0.1, 0.15) is 6.54 Å². The highest BCUT2D eigenvalue weighted by atomic mass is 16.5. The second-order valence-electron chi connectivity index (χ2n) is 5.85. The molecule has 112 valence electrons. The van der Waals surface area contributed by atoms with E-state index in [0.717, 1.165) is 19.4 Å². The highest BCUT2D eigenvalue weighted by molar-refractivity contribution is 5.69. The zero-order valence-electron chi connectivity index (χ0n) is 12.8. The molecule has 0 saturated heterocycles. The van der Waals surface area contributed by atoms with Crippen LogP contribution in [0.5, 0.6) is 0 Å². The van der Waals surface area contributed by atoms with Gasteiger partial charge in [-0.3, -0.25) is 4.79 Å². The molecule has 0 saturated carbocycles. The van der Waals surface area contributed by atoms with Crippen LogP contribution in [0.25, 0.3) is 0 Å². The molecule has 1 atom stereocenters. The van der Waals surface area contributed by atoms with Crippen molar-refractivity contribution in [2.45, 2.75) is 65.1 Å². The van der Waals surface area contributed by atoms with Gasteiger partial charge in [-0.1, -0.05) is 6.92 Å². The van der Waals surface area contributed by atoms with Crippen molar-refractivity contribution in [3.05, 3.63) is 23.5 Å². The number of hydrogen-bond donors (Lipinski definition) is 1. The van der Waals surface area contributed by atoms with Crippen LogP contribution in [0.15, 0.2) is 12.4 Å². The van der Waals surface area contributed by atoms with Gasteiger partial charge < -0.3 is 14.6 Å². The molecular weight excluding hydrogens is 252 g/mol. The van der Waals surface area contributed by atoms with Crippen molar-refractivity contribution in [2.24, 2.45) is 0 Å². The number of hydrogen-bond acceptors (Lipinski definition) is 3. The van der Waals surface area contributed by atoms with E-state index >= 15 is 0 Å². The van der Waals surface area contributed by atoms with Crippen LogP contribution in [-0.2, 0) is 22.5 Å². The second-order valence-corrected chi connectivity index (χ2v) is 5.85. The maximum atomic E-state index is 11.7. The third kappa shape index (κ3) is 3.85. The van der Waals surface area contributed by atoms with Crippen molar-refractivity contribution in [1.29, 1.82) is 0 Å². The SMILES string of the molecule is CCCNC1CCCc2cn(CC(=O)OC(C)C)cc21. The standard InChI is InChI=1S/C16H26N2O2/c1-4-8-17-15-7-5-6-13-9-18(10-14(13)15)11-16(19)20-12(2)3/h9-10,12,15,17H,4-8,11H2,1-3H3. The third-order valence-electron chi connectivity index (χ3n) is 3.63. The summed E-state index contributed by atoms with van der Waals surface area (Å²) in [6.07, 6.45) is 8.84. The van der Waals surface area contributed by atoms with E-state index in [2.05, 4.69) is 24.6 Å². The molecular formula is C16H26N2O2.